The van der Waals surface area contributed by atoms with E-state index >= 15 is 0 Å². The van der Waals surface area contributed by atoms with Crippen molar-refractivity contribution in [3.63, 3.8) is 0 Å². The van der Waals surface area contributed by atoms with Gasteiger partial charge in [0.25, 0.3) is 0 Å². The van der Waals surface area contributed by atoms with Crippen LogP contribution in [0.4, 0.5) is 0 Å². The van der Waals surface area contributed by atoms with Crippen molar-refractivity contribution in [3.05, 3.63) is 118 Å². The number of furan rings is 1. The number of quaternary nitrogens is 1. The molecule has 0 aliphatic rings. The van der Waals surface area contributed by atoms with Crippen LogP contribution in [0.15, 0.2) is 95.1 Å². The Labute approximate surface area is 196 Å². The molecule has 1 N–H and O–H groups in total. The van der Waals surface area contributed by atoms with E-state index in [2.05, 4.69) is 63.4 Å². The largest absolute Gasteiger partial charge is 0.463 e. The van der Waals surface area contributed by atoms with Crippen LogP contribution in [0.3, 0.4) is 0 Å². The van der Waals surface area contributed by atoms with Gasteiger partial charge in [0.2, 0.25) is 5.82 Å². The predicted molar refractivity (Wildman–Crippen MR) is 125 cm³/mol. The Bertz CT molecular complexity index is 1190. The van der Waals surface area contributed by atoms with Gasteiger partial charge in [-0.3, -0.25) is 4.98 Å². The quantitative estimate of drug-likeness (QED) is 0.348. The van der Waals surface area contributed by atoms with Gasteiger partial charge < -0.3 is 9.32 Å². The average molecular weight is 458 g/mol. The van der Waals surface area contributed by atoms with Gasteiger partial charge >= 0.3 is 0 Å². The van der Waals surface area contributed by atoms with Crippen LogP contribution in [-0.4, -0.2) is 25.2 Å². The van der Waals surface area contributed by atoms with Crippen molar-refractivity contribution in [2.75, 3.05) is 0 Å². The summed E-state index contributed by atoms with van der Waals surface area (Å²) in [6.45, 7) is 2.20. The van der Waals surface area contributed by atoms with E-state index < -0.39 is 0 Å². The first-order valence-electron chi connectivity index (χ1n) is 11.0. The summed E-state index contributed by atoms with van der Waals surface area (Å²) >= 11 is 1.76. The molecule has 4 heterocycles. The second-order valence-corrected chi connectivity index (χ2v) is 8.89. The number of nitrogens with zero attached hydrogens (tertiary/aromatic N) is 5. The fourth-order valence-electron chi connectivity index (χ4n) is 4.07. The van der Waals surface area contributed by atoms with E-state index in [0.717, 1.165) is 30.2 Å². The molecule has 0 amide bonds. The first-order valence-corrected chi connectivity index (χ1v) is 11.8. The van der Waals surface area contributed by atoms with Gasteiger partial charge in [0, 0.05) is 12.7 Å². The van der Waals surface area contributed by atoms with Gasteiger partial charge in [-0.2, -0.15) is 0 Å². The SMILES string of the molecule is c1ccc(CCn2nnnc2[C@H](c2ccccn2)[NH+](Cc2ccco2)Cc2cccs2)cc1. The molecule has 2 atom stereocenters. The third-order valence-corrected chi connectivity index (χ3v) is 6.50. The number of nitrogens with one attached hydrogen (secondary N) is 1. The van der Waals surface area contributed by atoms with E-state index in [1.807, 2.05) is 41.2 Å². The van der Waals surface area contributed by atoms with Gasteiger partial charge in [0.05, 0.1) is 11.1 Å². The number of benzene rings is 1. The van der Waals surface area contributed by atoms with Crippen molar-refractivity contribution < 1.29 is 9.32 Å². The minimum atomic E-state index is -0.149. The molecule has 33 heavy (non-hydrogen) atoms. The molecule has 0 bridgehead atoms. The number of aryl methyl sites for hydroxylation is 2. The molecule has 0 saturated carbocycles. The zero-order valence-corrected chi connectivity index (χ0v) is 18.9. The zero-order chi connectivity index (χ0) is 22.3. The molecular formula is C25H25N6OS+. The maximum absolute atomic E-state index is 5.73. The summed E-state index contributed by atoms with van der Waals surface area (Å²) in [4.78, 5) is 7.26. The summed E-state index contributed by atoms with van der Waals surface area (Å²) in [6.07, 6.45) is 4.40. The molecule has 1 aromatic carbocycles. The van der Waals surface area contributed by atoms with Gasteiger partial charge in [-0.15, -0.1) is 16.4 Å². The Morgan fingerprint density at radius 1 is 0.939 bits per heavy atom. The summed E-state index contributed by atoms with van der Waals surface area (Å²) in [5.74, 6) is 1.73. The minimum Gasteiger partial charge on any atom is -0.463 e. The van der Waals surface area contributed by atoms with E-state index in [0.29, 0.717) is 13.1 Å². The highest BCUT2D eigenvalue weighted by molar-refractivity contribution is 7.09. The minimum absolute atomic E-state index is 0.149. The molecule has 8 heteroatoms. The Balaban J connectivity index is 1.50. The van der Waals surface area contributed by atoms with E-state index in [9.17, 15) is 0 Å². The van der Waals surface area contributed by atoms with Crippen LogP contribution in [0.25, 0.3) is 0 Å². The van der Waals surface area contributed by atoms with E-state index in [1.165, 1.54) is 15.3 Å². The normalized spacial score (nSPS) is 13.1. The fourth-order valence-corrected chi connectivity index (χ4v) is 4.83. The van der Waals surface area contributed by atoms with Crippen LogP contribution < -0.4 is 4.90 Å². The van der Waals surface area contributed by atoms with Gasteiger partial charge in [-0.05, 0) is 58.1 Å². The zero-order valence-electron chi connectivity index (χ0n) is 18.1. The number of pyridine rings is 1. The molecular weight excluding hydrogens is 432 g/mol. The Morgan fingerprint density at radius 3 is 2.61 bits per heavy atom. The number of tetrazole rings is 1. The number of rotatable bonds is 10. The van der Waals surface area contributed by atoms with E-state index in [4.69, 9.17) is 9.40 Å². The summed E-state index contributed by atoms with van der Waals surface area (Å²) in [5.41, 5.74) is 2.19. The van der Waals surface area contributed by atoms with Gasteiger partial charge in [-0.1, -0.05) is 42.5 Å². The molecule has 0 aliphatic carbocycles. The lowest BCUT2D eigenvalue weighted by atomic mass is 10.1. The second-order valence-electron chi connectivity index (χ2n) is 7.85. The van der Waals surface area contributed by atoms with Crippen LogP contribution in [0.2, 0.25) is 0 Å². The highest BCUT2D eigenvalue weighted by Crippen LogP contribution is 2.18. The van der Waals surface area contributed by atoms with E-state index in [1.54, 1.807) is 17.6 Å². The second kappa shape index (κ2) is 10.3. The molecule has 166 valence electrons. The Morgan fingerprint density at radius 2 is 1.85 bits per heavy atom. The van der Waals surface area contributed by atoms with Gasteiger partial charge in [0.15, 0.2) is 11.8 Å². The molecule has 0 fully saturated rings. The van der Waals surface area contributed by atoms with Crippen molar-refractivity contribution in [1.29, 1.82) is 0 Å². The highest BCUT2D eigenvalue weighted by atomic mass is 32.1. The smallest absolute Gasteiger partial charge is 0.215 e. The van der Waals surface area contributed by atoms with Crippen LogP contribution >= 0.6 is 11.3 Å². The van der Waals surface area contributed by atoms with Crippen molar-refractivity contribution in [2.45, 2.75) is 32.1 Å². The number of thiophene rings is 1. The summed E-state index contributed by atoms with van der Waals surface area (Å²) in [5, 5.41) is 15.0. The first kappa shape index (κ1) is 21.2. The molecule has 0 spiro atoms. The van der Waals surface area contributed by atoms with Crippen molar-refractivity contribution in [3.8, 4) is 0 Å². The van der Waals surface area contributed by atoms with Gasteiger partial charge in [0.1, 0.15) is 18.8 Å². The maximum atomic E-state index is 5.73. The molecule has 7 nitrogen and oxygen atoms in total. The van der Waals surface area contributed by atoms with Crippen molar-refractivity contribution >= 4 is 11.3 Å². The monoisotopic (exact) mass is 457 g/mol. The molecule has 1 unspecified atom stereocenters. The molecule has 5 aromatic rings. The fraction of sp³-hybridized carbons (Fsp3) is 0.200. The lowest BCUT2D eigenvalue weighted by Gasteiger charge is -2.26. The van der Waals surface area contributed by atoms with Crippen molar-refractivity contribution in [1.82, 2.24) is 25.2 Å². The van der Waals surface area contributed by atoms with Crippen LogP contribution in [0.1, 0.15) is 33.8 Å². The predicted octanol–water partition coefficient (Wildman–Crippen LogP) is 3.34. The van der Waals surface area contributed by atoms with Crippen LogP contribution in [-0.2, 0) is 26.1 Å². The molecule has 0 aliphatic heterocycles. The highest BCUT2D eigenvalue weighted by Gasteiger charge is 2.33. The average Bonchev–Trinajstić information content (AvgIpc) is 3.64. The Kier molecular flexibility index (Phi) is 6.65. The number of hydrogen-bond acceptors (Lipinski definition) is 6. The maximum Gasteiger partial charge on any atom is 0.215 e. The molecule has 0 saturated heterocycles. The van der Waals surface area contributed by atoms with Gasteiger partial charge in [-0.25, -0.2) is 4.68 Å². The number of hydrogen-bond donors (Lipinski definition) is 1. The summed E-state index contributed by atoms with van der Waals surface area (Å²) < 4.78 is 7.65. The lowest BCUT2D eigenvalue weighted by Crippen LogP contribution is -3.10. The third-order valence-electron chi connectivity index (χ3n) is 5.63. The first-order chi connectivity index (χ1) is 16.4. The third kappa shape index (κ3) is 5.24. The molecule has 4 aromatic heterocycles. The van der Waals surface area contributed by atoms with Crippen molar-refractivity contribution in [2.24, 2.45) is 0 Å². The standard InChI is InChI=1S/C25H24N6OS/c1-2-8-20(9-3-1)13-15-31-25(27-28-29-31)24(23-12-4-5-14-26-23)30(18-21-10-6-16-32-21)19-22-11-7-17-33-22/h1-12,14,16-17,24H,13,15,18-19H2/p+1/t24-/m0/s1. The lowest BCUT2D eigenvalue weighted by molar-refractivity contribution is -0.954. The summed E-state index contributed by atoms with van der Waals surface area (Å²) in [7, 11) is 0. The van der Waals surface area contributed by atoms with Crippen LogP contribution in [0.5, 0.6) is 0 Å². The molecule has 5 rings (SSSR count). The Hall–Kier alpha value is -3.62. The number of aromatic nitrogens is 5. The summed E-state index contributed by atoms with van der Waals surface area (Å²) in [6, 6.07) is 24.5. The van der Waals surface area contributed by atoms with E-state index in [-0.39, 0.29) is 6.04 Å². The van der Waals surface area contributed by atoms with Crippen LogP contribution in [0, 0.1) is 0 Å². The molecule has 0 radical (unpaired) electrons. The topological polar surface area (TPSA) is 74.1 Å².